The molecule has 2 aromatic rings. The van der Waals surface area contributed by atoms with Gasteiger partial charge in [0.25, 0.3) is 0 Å². The third kappa shape index (κ3) is 7.83. The lowest BCUT2D eigenvalue weighted by Crippen LogP contribution is -2.40. The van der Waals surface area contributed by atoms with Crippen molar-refractivity contribution in [3.05, 3.63) is 42.2 Å². The number of carboxylic acids is 1. The number of aliphatic carboxylic acids is 1. The first-order valence-electron chi connectivity index (χ1n) is 9.85. The van der Waals surface area contributed by atoms with Crippen LogP contribution in [0.15, 0.2) is 41.4 Å². The molecule has 0 aliphatic carbocycles. The molecular formula is C20H26F3N5O3S. The Labute approximate surface area is 187 Å². The summed E-state index contributed by atoms with van der Waals surface area (Å²) in [7, 11) is 0. The van der Waals surface area contributed by atoms with Gasteiger partial charge in [-0.2, -0.15) is 13.2 Å². The third-order valence-corrected chi connectivity index (χ3v) is 5.71. The molecule has 1 amide bonds. The number of carboxylic acid groups (broad SMARTS) is 1. The van der Waals surface area contributed by atoms with E-state index >= 15 is 0 Å². The van der Waals surface area contributed by atoms with E-state index in [2.05, 4.69) is 10.3 Å². The summed E-state index contributed by atoms with van der Waals surface area (Å²) in [5.74, 6) is -2.06. The van der Waals surface area contributed by atoms with Crippen molar-refractivity contribution in [3.8, 4) is 0 Å². The van der Waals surface area contributed by atoms with Crippen molar-refractivity contribution in [2.45, 2.75) is 49.3 Å². The number of nitrogens with two attached hydrogens (primary N) is 1. The van der Waals surface area contributed by atoms with Gasteiger partial charge in [0.15, 0.2) is 0 Å². The van der Waals surface area contributed by atoms with Crippen LogP contribution in [0.1, 0.15) is 38.4 Å². The maximum Gasteiger partial charge on any atom is 0.490 e. The smallest absolute Gasteiger partial charge is 0.475 e. The molecule has 3 rings (SSSR count). The summed E-state index contributed by atoms with van der Waals surface area (Å²) in [5.41, 5.74) is 6.39. The highest BCUT2D eigenvalue weighted by atomic mass is 32.2. The minimum Gasteiger partial charge on any atom is -0.475 e. The van der Waals surface area contributed by atoms with Crippen LogP contribution < -0.4 is 5.73 Å². The molecule has 0 saturated carbocycles. The van der Waals surface area contributed by atoms with Gasteiger partial charge in [-0.15, -0.1) is 16.9 Å². The number of hydrogen-bond acceptors (Lipinski definition) is 6. The molecule has 1 fully saturated rings. The Morgan fingerprint density at radius 3 is 2.22 bits per heavy atom. The molecular weight excluding hydrogens is 447 g/mol. The molecule has 12 heteroatoms. The van der Waals surface area contributed by atoms with E-state index in [1.807, 2.05) is 60.0 Å². The predicted octanol–water partition coefficient (Wildman–Crippen LogP) is 3.06. The molecule has 32 heavy (non-hydrogen) atoms. The number of piperidine rings is 1. The zero-order chi connectivity index (χ0) is 23.9. The van der Waals surface area contributed by atoms with Gasteiger partial charge in [0.2, 0.25) is 5.91 Å². The van der Waals surface area contributed by atoms with Gasteiger partial charge in [-0.3, -0.25) is 4.79 Å². The number of nitrogens with zero attached hydrogens (tertiary/aromatic N) is 4. The van der Waals surface area contributed by atoms with Gasteiger partial charge in [0.1, 0.15) is 5.69 Å². The molecule has 176 valence electrons. The highest BCUT2D eigenvalue weighted by molar-refractivity contribution is 8.00. The van der Waals surface area contributed by atoms with E-state index in [9.17, 15) is 18.0 Å². The van der Waals surface area contributed by atoms with E-state index in [1.54, 1.807) is 11.8 Å². The summed E-state index contributed by atoms with van der Waals surface area (Å²) in [6, 6.07) is 10.3. The van der Waals surface area contributed by atoms with E-state index in [1.165, 1.54) is 0 Å². The Hall–Kier alpha value is -2.60. The topological polar surface area (TPSA) is 114 Å². The van der Waals surface area contributed by atoms with Crippen LogP contribution in [-0.4, -0.2) is 61.9 Å². The fourth-order valence-electron chi connectivity index (χ4n) is 2.88. The second-order valence-corrected chi connectivity index (χ2v) is 8.87. The Morgan fingerprint density at radius 2 is 1.75 bits per heavy atom. The fourth-order valence-corrected chi connectivity index (χ4v) is 3.71. The van der Waals surface area contributed by atoms with Crippen molar-refractivity contribution in [2.24, 2.45) is 5.73 Å². The van der Waals surface area contributed by atoms with Gasteiger partial charge in [0, 0.05) is 18.0 Å². The van der Waals surface area contributed by atoms with Crippen LogP contribution in [0.2, 0.25) is 0 Å². The first-order valence-corrected chi connectivity index (χ1v) is 10.8. The Morgan fingerprint density at radius 1 is 1.19 bits per heavy atom. The SMILES string of the molecule is CC(C)(N)c1cn(C2CCN(C(=O)CSc3ccccc3)CC2)nn1.O=C(O)C(F)(F)F. The number of amides is 1. The van der Waals surface area contributed by atoms with Gasteiger partial charge in [-0.25, -0.2) is 9.48 Å². The average molecular weight is 474 g/mol. The van der Waals surface area contributed by atoms with Crippen LogP contribution in [0, 0.1) is 0 Å². The van der Waals surface area contributed by atoms with Gasteiger partial charge >= 0.3 is 12.1 Å². The van der Waals surface area contributed by atoms with Crippen molar-refractivity contribution < 1.29 is 27.9 Å². The molecule has 1 aliphatic heterocycles. The highest BCUT2D eigenvalue weighted by Crippen LogP contribution is 2.25. The number of benzene rings is 1. The lowest BCUT2D eigenvalue weighted by atomic mass is 10.0. The first kappa shape index (κ1) is 25.7. The Balaban J connectivity index is 0.000000451. The number of carbonyl (C=O) groups is 2. The maximum atomic E-state index is 12.4. The molecule has 3 N–H and O–H groups in total. The van der Waals surface area contributed by atoms with Crippen molar-refractivity contribution in [3.63, 3.8) is 0 Å². The lowest BCUT2D eigenvalue weighted by Gasteiger charge is -2.31. The zero-order valence-corrected chi connectivity index (χ0v) is 18.6. The minimum absolute atomic E-state index is 0.203. The predicted molar refractivity (Wildman–Crippen MR) is 113 cm³/mol. The molecule has 1 aromatic carbocycles. The number of likely N-dealkylation sites (tertiary alicyclic amines) is 1. The third-order valence-electron chi connectivity index (χ3n) is 4.71. The summed E-state index contributed by atoms with van der Waals surface area (Å²) in [5, 5.41) is 15.5. The summed E-state index contributed by atoms with van der Waals surface area (Å²) in [6.07, 6.45) is -1.35. The second kappa shape index (κ2) is 10.8. The second-order valence-electron chi connectivity index (χ2n) is 7.82. The number of aromatic nitrogens is 3. The molecule has 0 atom stereocenters. The normalized spacial score (nSPS) is 15.1. The standard InChI is InChI=1S/C18H25N5OS.C2HF3O2/c1-18(2,19)16-12-23(21-20-16)14-8-10-22(11-9-14)17(24)13-25-15-6-4-3-5-7-15;3-2(4,5)1(6)7/h3-7,12,14H,8-11,13,19H2,1-2H3;(H,6,7). The number of hydrogen-bond donors (Lipinski definition) is 2. The van der Waals surface area contributed by atoms with Gasteiger partial charge in [-0.05, 0) is 38.8 Å². The van der Waals surface area contributed by atoms with Crippen molar-refractivity contribution >= 4 is 23.6 Å². The molecule has 2 heterocycles. The van der Waals surface area contributed by atoms with Crippen molar-refractivity contribution in [1.82, 2.24) is 19.9 Å². The highest BCUT2D eigenvalue weighted by Gasteiger charge is 2.38. The van der Waals surface area contributed by atoms with Crippen LogP contribution >= 0.6 is 11.8 Å². The molecule has 1 saturated heterocycles. The summed E-state index contributed by atoms with van der Waals surface area (Å²) in [6.45, 7) is 5.38. The zero-order valence-electron chi connectivity index (χ0n) is 17.7. The Kier molecular flexibility index (Phi) is 8.67. The van der Waals surface area contributed by atoms with Gasteiger partial charge < -0.3 is 15.7 Å². The summed E-state index contributed by atoms with van der Waals surface area (Å²) >= 11 is 1.59. The van der Waals surface area contributed by atoms with Crippen molar-refractivity contribution in [2.75, 3.05) is 18.8 Å². The monoisotopic (exact) mass is 473 g/mol. The van der Waals surface area contributed by atoms with Gasteiger partial charge in [0.05, 0.1) is 23.5 Å². The average Bonchev–Trinajstić information content (AvgIpc) is 3.23. The maximum absolute atomic E-state index is 12.4. The number of halogens is 3. The largest absolute Gasteiger partial charge is 0.490 e. The number of thioether (sulfide) groups is 1. The molecule has 0 radical (unpaired) electrons. The molecule has 1 aliphatic rings. The summed E-state index contributed by atoms with van der Waals surface area (Å²) in [4.78, 5) is 24.4. The quantitative estimate of drug-likeness (QED) is 0.642. The number of carbonyl (C=O) groups excluding carboxylic acids is 1. The fraction of sp³-hybridized carbons (Fsp3) is 0.500. The van der Waals surface area contributed by atoms with E-state index < -0.39 is 17.7 Å². The molecule has 0 unspecified atom stereocenters. The van der Waals surface area contributed by atoms with Crippen molar-refractivity contribution in [1.29, 1.82) is 0 Å². The van der Waals surface area contributed by atoms with E-state index in [-0.39, 0.29) is 11.9 Å². The van der Waals surface area contributed by atoms with Crippen LogP contribution in [-0.2, 0) is 15.1 Å². The molecule has 0 bridgehead atoms. The number of alkyl halides is 3. The van der Waals surface area contributed by atoms with Crippen LogP contribution in [0.3, 0.4) is 0 Å². The van der Waals surface area contributed by atoms with E-state index in [0.717, 1.165) is 36.5 Å². The Bertz CT molecular complexity index is 892. The molecule has 0 spiro atoms. The van der Waals surface area contributed by atoms with E-state index in [4.69, 9.17) is 15.6 Å². The lowest BCUT2D eigenvalue weighted by molar-refractivity contribution is -0.192. The minimum atomic E-state index is -5.08. The van der Waals surface area contributed by atoms with Crippen LogP contribution in [0.4, 0.5) is 13.2 Å². The molecule has 1 aromatic heterocycles. The summed E-state index contributed by atoms with van der Waals surface area (Å²) < 4.78 is 33.6. The molecule has 8 nitrogen and oxygen atoms in total. The number of rotatable bonds is 5. The first-order chi connectivity index (χ1) is 14.9. The van der Waals surface area contributed by atoms with Crippen LogP contribution in [0.5, 0.6) is 0 Å². The van der Waals surface area contributed by atoms with E-state index in [0.29, 0.717) is 5.75 Å². The van der Waals surface area contributed by atoms with Crippen LogP contribution in [0.25, 0.3) is 0 Å². The van der Waals surface area contributed by atoms with Gasteiger partial charge in [-0.1, -0.05) is 23.4 Å².